The van der Waals surface area contributed by atoms with Crippen molar-refractivity contribution in [3.8, 4) is 11.1 Å². The summed E-state index contributed by atoms with van der Waals surface area (Å²) in [6.07, 6.45) is 1.12. The summed E-state index contributed by atoms with van der Waals surface area (Å²) in [6.45, 7) is 2.34. The zero-order valence-electron chi connectivity index (χ0n) is 20.3. The quantitative estimate of drug-likeness (QED) is 0.396. The molecular formula is C27H34N2O6. The number of fused-ring (bicyclic) bond motifs is 3. The van der Waals surface area contributed by atoms with Crippen LogP contribution in [0, 0.1) is 0 Å². The van der Waals surface area contributed by atoms with Crippen molar-refractivity contribution in [1.82, 2.24) is 10.6 Å². The van der Waals surface area contributed by atoms with Gasteiger partial charge in [-0.3, -0.25) is 9.59 Å². The Morgan fingerprint density at radius 3 is 2.20 bits per heavy atom. The molecule has 0 aliphatic heterocycles. The largest absolute Gasteiger partial charge is 0.481 e. The summed E-state index contributed by atoms with van der Waals surface area (Å²) in [5.74, 6) is -1.31. The van der Waals surface area contributed by atoms with E-state index in [0.29, 0.717) is 6.42 Å². The average molecular weight is 483 g/mol. The molecule has 35 heavy (non-hydrogen) atoms. The van der Waals surface area contributed by atoms with Gasteiger partial charge in [0, 0.05) is 32.0 Å². The Balaban J connectivity index is 1.55. The zero-order valence-corrected chi connectivity index (χ0v) is 20.3. The maximum Gasteiger partial charge on any atom is 0.407 e. The number of hydrogen-bond acceptors (Lipinski definition) is 5. The second-order valence-electron chi connectivity index (χ2n) is 8.77. The van der Waals surface area contributed by atoms with Gasteiger partial charge in [-0.05, 0) is 28.7 Å². The molecule has 1 unspecified atom stereocenters. The number of rotatable bonds is 13. The molecule has 8 nitrogen and oxygen atoms in total. The molecule has 1 aliphatic rings. The van der Waals surface area contributed by atoms with Crippen LogP contribution in [-0.4, -0.2) is 55.5 Å². The van der Waals surface area contributed by atoms with Crippen molar-refractivity contribution < 1.29 is 29.0 Å². The lowest BCUT2D eigenvalue weighted by atomic mass is 9.98. The maximum atomic E-state index is 12.7. The third kappa shape index (κ3) is 7.29. The lowest BCUT2D eigenvalue weighted by molar-refractivity contribution is -0.140. The van der Waals surface area contributed by atoms with Crippen LogP contribution in [0.5, 0.6) is 0 Å². The SMILES string of the molecule is CCCC[C@H](CC(=O)NCC(CC(=O)O)OC)NC(=O)OCC1c2ccccc2-c2ccccc21. The monoisotopic (exact) mass is 482 g/mol. The van der Waals surface area contributed by atoms with Gasteiger partial charge >= 0.3 is 12.1 Å². The first-order chi connectivity index (χ1) is 16.9. The number of benzene rings is 2. The number of ether oxygens (including phenoxy) is 2. The average Bonchev–Trinajstić information content (AvgIpc) is 3.17. The summed E-state index contributed by atoms with van der Waals surface area (Å²) >= 11 is 0. The molecule has 0 bridgehead atoms. The lowest BCUT2D eigenvalue weighted by Gasteiger charge is -2.20. The number of nitrogens with one attached hydrogen (secondary N) is 2. The van der Waals surface area contributed by atoms with E-state index in [-0.39, 0.29) is 43.9 Å². The predicted octanol–water partition coefficient (Wildman–Crippen LogP) is 4.08. The number of carboxylic acid groups (broad SMARTS) is 1. The Bertz CT molecular complexity index is 979. The third-order valence-corrected chi connectivity index (χ3v) is 6.27. The van der Waals surface area contributed by atoms with Crippen LogP contribution in [0.2, 0.25) is 0 Å². The molecule has 0 saturated carbocycles. The van der Waals surface area contributed by atoms with Crippen LogP contribution < -0.4 is 10.6 Å². The van der Waals surface area contributed by atoms with Crippen molar-refractivity contribution in [3.05, 3.63) is 59.7 Å². The highest BCUT2D eigenvalue weighted by Crippen LogP contribution is 2.44. The predicted molar refractivity (Wildman–Crippen MR) is 132 cm³/mol. The van der Waals surface area contributed by atoms with E-state index in [0.717, 1.165) is 35.1 Å². The number of carbonyl (C=O) groups excluding carboxylic acids is 2. The summed E-state index contributed by atoms with van der Waals surface area (Å²) < 4.78 is 10.7. The fraction of sp³-hybridized carbons (Fsp3) is 0.444. The van der Waals surface area contributed by atoms with E-state index in [4.69, 9.17) is 14.6 Å². The van der Waals surface area contributed by atoms with Gasteiger partial charge < -0.3 is 25.2 Å². The van der Waals surface area contributed by atoms with E-state index >= 15 is 0 Å². The van der Waals surface area contributed by atoms with Crippen LogP contribution in [0.4, 0.5) is 4.79 Å². The van der Waals surface area contributed by atoms with E-state index in [9.17, 15) is 14.4 Å². The summed E-state index contributed by atoms with van der Waals surface area (Å²) in [7, 11) is 1.41. The number of amides is 2. The minimum atomic E-state index is -0.996. The molecule has 1 aliphatic carbocycles. The van der Waals surface area contributed by atoms with Gasteiger partial charge in [0.05, 0.1) is 12.5 Å². The summed E-state index contributed by atoms with van der Waals surface area (Å²) in [5.41, 5.74) is 4.59. The molecule has 0 heterocycles. The molecule has 0 saturated heterocycles. The highest BCUT2D eigenvalue weighted by atomic mass is 16.5. The summed E-state index contributed by atoms with van der Waals surface area (Å²) in [5, 5.41) is 14.4. The van der Waals surface area contributed by atoms with Crippen LogP contribution in [0.3, 0.4) is 0 Å². The third-order valence-electron chi connectivity index (χ3n) is 6.27. The Kier molecular flexibility index (Phi) is 9.66. The van der Waals surface area contributed by atoms with Crippen molar-refractivity contribution in [2.75, 3.05) is 20.3 Å². The molecular weight excluding hydrogens is 448 g/mol. The van der Waals surface area contributed by atoms with Gasteiger partial charge in [-0.15, -0.1) is 0 Å². The number of hydrogen-bond donors (Lipinski definition) is 3. The molecule has 188 valence electrons. The molecule has 3 rings (SSSR count). The van der Waals surface area contributed by atoms with Gasteiger partial charge in [0.2, 0.25) is 5.91 Å². The van der Waals surface area contributed by atoms with Crippen molar-refractivity contribution in [2.45, 2.75) is 57.1 Å². The van der Waals surface area contributed by atoms with Gasteiger partial charge in [0.1, 0.15) is 6.61 Å². The fourth-order valence-electron chi connectivity index (χ4n) is 4.44. The summed E-state index contributed by atoms with van der Waals surface area (Å²) in [4.78, 5) is 36.0. The van der Waals surface area contributed by atoms with Crippen LogP contribution in [0.1, 0.15) is 56.1 Å². The maximum absolute atomic E-state index is 12.7. The number of carbonyl (C=O) groups is 3. The Morgan fingerprint density at radius 1 is 1.00 bits per heavy atom. The minimum absolute atomic E-state index is 0.0363. The highest BCUT2D eigenvalue weighted by Gasteiger charge is 2.29. The van der Waals surface area contributed by atoms with E-state index in [1.807, 2.05) is 31.2 Å². The van der Waals surface area contributed by atoms with E-state index < -0.39 is 18.2 Å². The van der Waals surface area contributed by atoms with Crippen LogP contribution in [-0.2, 0) is 19.1 Å². The molecule has 2 atom stereocenters. The smallest absolute Gasteiger partial charge is 0.407 e. The number of unbranched alkanes of at least 4 members (excludes halogenated alkanes) is 1. The van der Waals surface area contributed by atoms with Crippen LogP contribution in [0.15, 0.2) is 48.5 Å². The molecule has 0 spiro atoms. The number of carboxylic acids is 1. The van der Waals surface area contributed by atoms with Crippen molar-refractivity contribution in [2.24, 2.45) is 0 Å². The molecule has 2 aromatic carbocycles. The van der Waals surface area contributed by atoms with Gasteiger partial charge in [-0.1, -0.05) is 68.3 Å². The van der Waals surface area contributed by atoms with Gasteiger partial charge in [0.25, 0.3) is 0 Å². The minimum Gasteiger partial charge on any atom is -0.481 e. The van der Waals surface area contributed by atoms with E-state index in [1.165, 1.54) is 7.11 Å². The van der Waals surface area contributed by atoms with Crippen LogP contribution in [0.25, 0.3) is 11.1 Å². The zero-order chi connectivity index (χ0) is 25.2. The topological polar surface area (TPSA) is 114 Å². The first-order valence-electron chi connectivity index (χ1n) is 12.1. The second kappa shape index (κ2) is 12.9. The molecule has 0 aromatic heterocycles. The molecule has 8 heteroatoms. The molecule has 2 aromatic rings. The normalized spacial score (nSPS) is 13.9. The first kappa shape index (κ1) is 26.2. The lowest BCUT2D eigenvalue weighted by Crippen LogP contribution is -2.41. The van der Waals surface area contributed by atoms with Crippen molar-refractivity contribution in [3.63, 3.8) is 0 Å². The number of methoxy groups -OCH3 is 1. The van der Waals surface area contributed by atoms with E-state index in [2.05, 4.69) is 34.9 Å². The number of aliphatic carboxylic acids is 1. The van der Waals surface area contributed by atoms with E-state index in [1.54, 1.807) is 0 Å². The molecule has 2 amide bonds. The van der Waals surface area contributed by atoms with Crippen molar-refractivity contribution in [1.29, 1.82) is 0 Å². The Labute approximate surface area is 206 Å². The van der Waals surface area contributed by atoms with Gasteiger partial charge in [0.15, 0.2) is 0 Å². The van der Waals surface area contributed by atoms with Gasteiger partial charge in [-0.25, -0.2) is 4.79 Å². The van der Waals surface area contributed by atoms with Gasteiger partial charge in [-0.2, -0.15) is 0 Å². The first-order valence-corrected chi connectivity index (χ1v) is 12.1. The fourth-order valence-corrected chi connectivity index (χ4v) is 4.44. The Hall–Kier alpha value is -3.39. The highest BCUT2D eigenvalue weighted by molar-refractivity contribution is 5.79. The molecule has 3 N–H and O–H groups in total. The standard InChI is InChI=1S/C27H34N2O6/c1-3-4-9-18(14-25(30)28-16-19(34-2)15-26(31)32)29-27(33)35-17-24-22-12-7-5-10-20(22)21-11-6-8-13-23(21)24/h5-8,10-13,18-19,24H,3-4,9,14-17H2,1-2H3,(H,28,30)(H,29,33)(H,31,32)/t18-,19?/m1/s1. The van der Waals surface area contributed by atoms with Crippen LogP contribution >= 0.6 is 0 Å². The molecule has 0 fully saturated rings. The number of alkyl carbamates (subject to hydrolysis) is 1. The summed E-state index contributed by atoms with van der Waals surface area (Å²) in [6, 6.07) is 15.9. The molecule has 0 radical (unpaired) electrons. The Morgan fingerprint density at radius 2 is 1.63 bits per heavy atom. The second-order valence-corrected chi connectivity index (χ2v) is 8.77. The van der Waals surface area contributed by atoms with Crippen molar-refractivity contribution >= 4 is 18.0 Å².